The molecular weight excluding hydrogens is 620 g/mol. The van der Waals surface area contributed by atoms with Gasteiger partial charge in [0.05, 0.1) is 18.6 Å². The van der Waals surface area contributed by atoms with Gasteiger partial charge in [-0.3, -0.25) is 19.2 Å². The monoisotopic (exact) mass is 666 g/mol. The predicted octanol–water partition coefficient (Wildman–Crippen LogP) is 2.98. The topological polar surface area (TPSA) is 160 Å². The molecule has 2 bridgehead atoms. The van der Waals surface area contributed by atoms with Crippen molar-refractivity contribution in [1.82, 2.24) is 40.6 Å². The molecule has 1 aliphatic heterocycles. The molecule has 4 amide bonds. The number of benzene rings is 1. The summed E-state index contributed by atoms with van der Waals surface area (Å²) >= 11 is 1.29. The maximum atomic E-state index is 13.7. The van der Waals surface area contributed by atoms with E-state index in [9.17, 15) is 19.2 Å². The lowest BCUT2D eigenvalue weighted by molar-refractivity contribution is -0.140. The van der Waals surface area contributed by atoms with Gasteiger partial charge >= 0.3 is 0 Å². The average Bonchev–Trinajstić information content (AvgIpc) is 3.65. The second kappa shape index (κ2) is 16.6. The summed E-state index contributed by atoms with van der Waals surface area (Å²) in [5, 5.41) is 15.9. The number of thiazole rings is 1. The zero-order valence-corrected chi connectivity index (χ0v) is 28.8. The second-order valence-electron chi connectivity index (χ2n) is 12.5. The highest BCUT2D eigenvalue weighted by Crippen LogP contribution is 2.26. The Balaban J connectivity index is 1.76. The number of hydrogen-bond donors (Lipinski definition) is 3. The third kappa shape index (κ3) is 10.2. The largest absolute Gasteiger partial charge is 0.372 e. The molecule has 0 fully saturated rings. The molecule has 3 N–H and O–H groups in total. The van der Waals surface area contributed by atoms with Crippen LogP contribution in [-0.2, 0) is 32.1 Å². The Morgan fingerprint density at radius 2 is 1.72 bits per heavy atom. The fourth-order valence-corrected chi connectivity index (χ4v) is 6.24. The molecule has 47 heavy (non-hydrogen) atoms. The van der Waals surface area contributed by atoms with Crippen molar-refractivity contribution in [3.63, 3.8) is 0 Å². The van der Waals surface area contributed by atoms with Gasteiger partial charge < -0.3 is 25.6 Å². The third-order valence-corrected chi connectivity index (χ3v) is 8.74. The van der Waals surface area contributed by atoms with Crippen LogP contribution in [0.1, 0.15) is 85.8 Å². The van der Waals surface area contributed by atoms with Crippen LogP contribution in [0.3, 0.4) is 0 Å². The number of rotatable bonds is 8. The molecule has 0 aliphatic carbocycles. The van der Waals surface area contributed by atoms with Crippen LogP contribution < -0.4 is 16.0 Å². The van der Waals surface area contributed by atoms with E-state index in [4.69, 9.17) is 4.74 Å². The first-order valence-corrected chi connectivity index (χ1v) is 17.0. The molecule has 0 saturated heterocycles. The van der Waals surface area contributed by atoms with Gasteiger partial charge in [-0.1, -0.05) is 58.0 Å². The number of amides is 4. The van der Waals surface area contributed by atoms with Crippen LogP contribution in [0, 0.1) is 18.8 Å². The molecule has 2 aromatic heterocycles. The number of hydrogen-bond acceptors (Lipinski definition) is 9. The molecule has 3 aromatic rings. The minimum atomic E-state index is -0.623. The van der Waals surface area contributed by atoms with Gasteiger partial charge in [-0.15, -0.1) is 11.3 Å². The summed E-state index contributed by atoms with van der Waals surface area (Å²) in [6.45, 7) is 11.4. The fourth-order valence-electron chi connectivity index (χ4n) is 5.38. The van der Waals surface area contributed by atoms with Crippen LogP contribution in [-0.4, -0.2) is 80.6 Å². The molecule has 14 heteroatoms. The van der Waals surface area contributed by atoms with Crippen LogP contribution in [0.5, 0.6) is 0 Å². The average molecular weight is 667 g/mol. The Labute approximate surface area is 279 Å². The van der Waals surface area contributed by atoms with E-state index in [1.807, 2.05) is 58.0 Å². The van der Waals surface area contributed by atoms with E-state index in [-0.39, 0.29) is 61.5 Å². The van der Waals surface area contributed by atoms with Crippen LogP contribution in [0.25, 0.3) is 0 Å². The maximum absolute atomic E-state index is 13.7. The van der Waals surface area contributed by atoms with Gasteiger partial charge in [-0.05, 0) is 44.1 Å². The van der Waals surface area contributed by atoms with E-state index in [2.05, 4.69) is 31.0 Å². The Morgan fingerprint density at radius 3 is 2.40 bits per heavy atom. The van der Waals surface area contributed by atoms with Crippen LogP contribution in [0.15, 0.2) is 35.7 Å². The lowest BCUT2D eigenvalue weighted by Gasteiger charge is -2.31. The minimum Gasteiger partial charge on any atom is -0.372 e. The van der Waals surface area contributed by atoms with Gasteiger partial charge in [0.25, 0.3) is 5.91 Å². The van der Waals surface area contributed by atoms with Crippen molar-refractivity contribution in [3.8, 4) is 0 Å². The van der Waals surface area contributed by atoms with Crippen LogP contribution in [0.2, 0.25) is 0 Å². The number of ether oxygens (including phenoxy) is 1. The van der Waals surface area contributed by atoms with E-state index >= 15 is 0 Å². The summed E-state index contributed by atoms with van der Waals surface area (Å²) in [5.41, 5.74) is 1.17. The lowest BCUT2D eigenvalue weighted by atomic mass is 10.0. The molecule has 1 aliphatic rings. The second-order valence-corrected chi connectivity index (χ2v) is 13.4. The van der Waals surface area contributed by atoms with Gasteiger partial charge in [0.2, 0.25) is 17.7 Å². The first-order chi connectivity index (χ1) is 22.4. The smallest absolute Gasteiger partial charge is 0.271 e. The number of aryl methyl sites for hydroxylation is 1. The third-order valence-electron chi connectivity index (χ3n) is 7.78. The number of carbonyl (C=O) groups is 4. The van der Waals surface area contributed by atoms with Crippen molar-refractivity contribution in [3.05, 3.63) is 63.6 Å². The summed E-state index contributed by atoms with van der Waals surface area (Å²) in [5.74, 6) is -0.454. The summed E-state index contributed by atoms with van der Waals surface area (Å²) in [6.07, 6.45) is 0.984. The quantitative estimate of drug-likeness (QED) is 0.331. The van der Waals surface area contributed by atoms with Gasteiger partial charge in [0, 0.05) is 24.6 Å². The highest BCUT2D eigenvalue weighted by Gasteiger charge is 2.30. The highest BCUT2D eigenvalue weighted by molar-refractivity contribution is 7.09. The van der Waals surface area contributed by atoms with Crippen LogP contribution in [0.4, 0.5) is 0 Å². The van der Waals surface area contributed by atoms with Crippen molar-refractivity contribution in [2.45, 2.75) is 79.1 Å². The Hall–Kier alpha value is -4.17. The number of carbonyl (C=O) groups excluding carboxylic acids is 4. The molecule has 3 atom stereocenters. The summed E-state index contributed by atoms with van der Waals surface area (Å²) in [6, 6.07) is 8.12. The molecule has 0 radical (unpaired) electrons. The molecular formula is C33H46N8O5S. The van der Waals surface area contributed by atoms with Gasteiger partial charge in [-0.25, -0.2) is 14.6 Å². The number of aromatic nitrogens is 4. The standard InChI is InChI=1S/C33H46N8O5S/c1-7-46-18-30(44)40-15-26(21(4)5)36-29(43)17-41-31(34-22(6)39-41)24(14-23-11-9-8-10-12-23)37-32(45)27-19-47-33(38-27)25(13-20(2)3)35-28(42)16-40/h8-12,19-21,24-26H,7,13-18H2,1-6H3,(H,35,42)(H,36,43)(H,37,45)/t24-,25-,26+/m0/s1. The lowest BCUT2D eigenvalue weighted by Crippen LogP contribution is -2.52. The molecule has 13 nitrogen and oxygen atoms in total. The number of nitrogens with one attached hydrogen (secondary N) is 3. The van der Waals surface area contributed by atoms with Crippen molar-refractivity contribution < 1.29 is 23.9 Å². The fraction of sp³-hybridized carbons (Fsp3) is 0.545. The van der Waals surface area contributed by atoms with Gasteiger partial charge in [0.15, 0.2) is 5.82 Å². The van der Waals surface area contributed by atoms with E-state index in [0.717, 1.165) is 5.56 Å². The van der Waals surface area contributed by atoms with E-state index in [1.165, 1.54) is 20.9 Å². The minimum absolute atomic E-state index is 0.0699. The summed E-state index contributed by atoms with van der Waals surface area (Å²) in [7, 11) is 0. The first-order valence-electron chi connectivity index (χ1n) is 16.1. The summed E-state index contributed by atoms with van der Waals surface area (Å²) < 4.78 is 6.90. The van der Waals surface area contributed by atoms with Crippen LogP contribution >= 0.6 is 11.3 Å². The molecule has 4 rings (SSSR count). The van der Waals surface area contributed by atoms with E-state index in [1.54, 1.807) is 19.2 Å². The first kappa shape index (κ1) is 35.7. The van der Waals surface area contributed by atoms with Crippen molar-refractivity contribution in [1.29, 1.82) is 0 Å². The predicted molar refractivity (Wildman–Crippen MR) is 177 cm³/mol. The number of nitrogens with zero attached hydrogens (tertiary/aromatic N) is 5. The van der Waals surface area contributed by atoms with Gasteiger partial charge in [0.1, 0.15) is 29.7 Å². The molecule has 1 aromatic carbocycles. The molecule has 0 saturated carbocycles. The Kier molecular flexibility index (Phi) is 12.6. The summed E-state index contributed by atoms with van der Waals surface area (Å²) in [4.78, 5) is 64.7. The van der Waals surface area contributed by atoms with E-state index in [0.29, 0.717) is 36.1 Å². The van der Waals surface area contributed by atoms with Crippen molar-refractivity contribution >= 4 is 35.0 Å². The zero-order chi connectivity index (χ0) is 34.1. The van der Waals surface area contributed by atoms with E-state index < -0.39 is 24.0 Å². The zero-order valence-electron chi connectivity index (χ0n) is 28.0. The molecule has 0 unspecified atom stereocenters. The van der Waals surface area contributed by atoms with Gasteiger partial charge in [-0.2, -0.15) is 5.10 Å². The molecule has 3 heterocycles. The Morgan fingerprint density at radius 1 is 1.00 bits per heavy atom. The maximum Gasteiger partial charge on any atom is 0.271 e. The normalized spacial score (nSPS) is 19.9. The van der Waals surface area contributed by atoms with Crippen molar-refractivity contribution in [2.24, 2.45) is 11.8 Å². The SMILES string of the molecule is CCOCC(=O)N1CC(=O)N[C@@H](CC(C)C)c2nc(cs2)C(=O)N[C@@H](Cc2ccccc2)c2nc(C)nn2CC(=O)N[C@@H](C(C)C)C1. The number of fused-ring (bicyclic) bond motifs is 3. The molecule has 0 spiro atoms. The van der Waals surface area contributed by atoms with Crippen molar-refractivity contribution in [2.75, 3.05) is 26.3 Å². The highest BCUT2D eigenvalue weighted by atomic mass is 32.1. The molecule has 254 valence electrons. The Bertz CT molecular complexity index is 1520.